The summed E-state index contributed by atoms with van der Waals surface area (Å²) in [7, 11) is 4.86. The van der Waals surface area contributed by atoms with Crippen LogP contribution in [0, 0.1) is 0 Å². The van der Waals surface area contributed by atoms with Crippen LogP contribution in [0.2, 0.25) is 0 Å². The number of rotatable bonds is 7. The molecule has 1 fully saturated rings. The fourth-order valence-electron chi connectivity index (χ4n) is 3.81. The molecule has 9 heteroatoms. The highest BCUT2D eigenvalue weighted by atomic mass is 16.5. The molecule has 158 valence electrons. The maximum absolute atomic E-state index is 5.48. The smallest absolute Gasteiger partial charge is 0.278 e. The highest BCUT2D eigenvalue weighted by molar-refractivity contribution is 5.53. The van der Waals surface area contributed by atoms with Crippen LogP contribution in [0.5, 0.6) is 17.2 Å². The molecule has 3 heterocycles. The lowest BCUT2D eigenvalue weighted by Crippen LogP contribution is -2.34. The summed E-state index contributed by atoms with van der Waals surface area (Å²) in [6, 6.07) is 3.98. The van der Waals surface area contributed by atoms with Gasteiger partial charge in [-0.05, 0) is 37.1 Å². The topological polar surface area (TPSA) is 95.6 Å². The van der Waals surface area contributed by atoms with E-state index < -0.39 is 0 Å². The molecule has 0 radical (unpaired) electrons. The summed E-state index contributed by atoms with van der Waals surface area (Å²) >= 11 is 0. The van der Waals surface area contributed by atoms with E-state index in [-0.39, 0.29) is 5.92 Å². The summed E-state index contributed by atoms with van der Waals surface area (Å²) in [5.41, 5.74) is 1.68. The number of hydrogen-bond donors (Lipinski definition) is 0. The molecule has 30 heavy (non-hydrogen) atoms. The van der Waals surface area contributed by atoms with Crippen LogP contribution in [0.15, 0.2) is 35.2 Å². The third kappa shape index (κ3) is 4.20. The number of benzene rings is 1. The van der Waals surface area contributed by atoms with Crippen LogP contribution in [0.25, 0.3) is 11.6 Å². The van der Waals surface area contributed by atoms with E-state index in [1.54, 1.807) is 39.9 Å². The first-order valence-electron chi connectivity index (χ1n) is 9.83. The van der Waals surface area contributed by atoms with E-state index in [1.807, 2.05) is 12.1 Å². The molecule has 9 nitrogen and oxygen atoms in total. The molecule has 1 aromatic carbocycles. The molecule has 0 aliphatic carbocycles. The summed E-state index contributed by atoms with van der Waals surface area (Å²) in [4.78, 5) is 15.2. The molecule has 1 aliphatic heterocycles. The summed E-state index contributed by atoms with van der Waals surface area (Å²) in [6.07, 6.45) is 6.92. The number of methoxy groups -OCH3 is 3. The van der Waals surface area contributed by atoms with Crippen molar-refractivity contribution in [1.29, 1.82) is 0 Å². The van der Waals surface area contributed by atoms with E-state index in [4.69, 9.17) is 18.7 Å². The lowest BCUT2D eigenvalue weighted by atomic mass is 9.97. The van der Waals surface area contributed by atoms with Gasteiger partial charge in [0, 0.05) is 31.4 Å². The van der Waals surface area contributed by atoms with Crippen molar-refractivity contribution in [1.82, 2.24) is 25.0 Å². The molecule has 0 saturated carbocycles. The van der Waals surface area contributed by atoms with Gasteiger partial charge in [-0.15, -0.1) is 0 Å². The largest absolute Gasteiger partial charge is 0.493 e. The molecule has 4 rings (SSSR count). The van der Waals surface area contributed by atoms with Crippen molar-refractivity contribution in [3.63, 3.8) is 0 Å². The number of ether oxygens (including phenoxy) is 3. The summed E-state index contributed by atoms with van der Waals surface area (Å²) < 4.78 is 21.8. The Balaban J connectivity index is 1.48. The first-order chi connectivity index (χ1) is 14.7. The minimum Gasteiger partial charge on any atom is -0.493 e. The van der Waals surface area contributed by atoms with Gasteiger partial charge in [-0.3, -0.25) is 9.88 Å². The number of nitrogens with zero attached hydrogens (tertiary/aromatic N) is 5. The first kappa shape index (κ1) is 20.1. The average Bonchev–Trinajstić information content (AvgIpc) is 3.29. The fourth-order valence-corrected chi connectivity index (χ4v) is 3.81. The second-order valence-electron chi connectivity index (χ2n) is 7.16. The van der Waals surface area contributed by atoms with E-state index in [0.29, 0.717) is 34.7 Å². The van der Waals surface area contributed by atoms with Crippen LogP contribution in [0.3, 0.4) is 0 Å². The van der Waals surface area contributed by atoms with Crippen LogP contribution in [0.4, 0.5) is 0 Å². The average molecular weight is 411 g/mol. The summed E-state index contributed by atoms with van der Waals surface area (Å²) in [5.74, 6) is 3.24. The van der Waals surface area contributed by atoms with Gasteiger partial charge in [0.05, 0.1) is 27.5 Å². The number of piperidine rings is 1. The lowest BCUT2D eigenvalue weighted by Gasteiger charge is -2.31. The van der Waals surface area contributed by atoms with E-state index >= 15 is 0 Å². The molecular formula is C21H25N5O4. The van der Waals surface area contributed by atoms with Crippen LogP contribution in [-0.4, -0.2) is 59.4 Å². The van der Waals surface area contributed by atoms with E-state index in [9.17, 15) is 0 Å². The Morgan fingerprint density at radius 1 is 1.10 bits per heavy atom. The SMILES string of the molecule is COc1cc(CN2CCCC(c3noc(-c4cnccn4)n3)C2)cc(OC)c1OC. The molecule has 2 aromatic heterocycles. The van der Waals surface area contributed by atoms with Gasteiger partial charge in [0.2, 0.25) is 5.75 Å². The van der Waals surface area contributed by atoms with E-state index in [1.165, 1.54) is 0 Å². The van der Waals surface area contributed by atoms with Gasteiger partial charge >= 0.3 is 0 Å². The molecular weight excluding hydrogens is 386 g/mol. The predicted molar refractivity (Wildman–Crippen MR) is 109 cm³/mol. The van der Waals surface area contributed by atoms with Crippen molar-refractivity contribution in [3.05, 3.63) is 42.1 Å². The minimum atomic E-state index is 0.204. The molecule has 1 aliphatic rings. The van der Waals surface area contributed by atoms with Crippen molar-refractivity contribution in [2.75, 3.05) is 34.4 Å². The number of hydrogen-bond acceptors (Lipinski definition) is 9. The van der Waals surface area contributed by atoms with Gasteiger partial charge in [0.25, 0.3) is 5.89 Å². The lowest BCUT2D eigenvalue weighted by molar-refractivity contribution is 0.194. The van der Waals surface area contributed by atoms with Crippen LogP contribution in [-0.2, 0) is 6.54 Å². The maximum Gasteiger partial charge on any atom is 0.278 e. The monoisotopic (exact) mass is 411 g/mol. The molecule has 0 amide bonds. The highest BCUT2D eigenvalue weighted by Crippen LogP contribution is 2.39. The molecule has 0 N–H and O–H groups in total. The molecule has 1 saturated heterocycles. The first-order valence-corrected chi connectivity index (χ1v) is 9.83. The second kappa shape index (κ2) is 9.08. The molecule has 0 spiro atoms. The molecule has 0 bridgehead atoms. The Kier molecular flexibility index (Phi) is 6.08. The molecule has 1 unspecified atom stereocenters. The van der Waals surface area contributed by atoms with Gasteiger partial charge < -0.3 is 18.7 Å². The quantitative estimate of drug-likeness (QED) is 0.581. The third-order valence-electron chi connectivity index (χ3n) is 5.23. The Morgan fingerprint density at radius 3 is 2.57 bits per heavy atom. The standard InChI is InChI=1S/C21H25N5O4/c1-27-17-9-14(10-18(28-2)19(17)29-3)12-26-8-4-5-15(13-26)20-24-21(30-25-20)16-11-22-6-7-23-16/h6-7,9-11,15H,4-5,8,12-13H2,1-3H3. The Labute approximate surface area is 175 Å². The Bertz CT molecular complexity index is 954. The zero-order valence-corrected chi connectivity index (χ0v) is 17.4. The van der Waals surface area contributed by atoms with Gasteiger partial charge in [0.1, 0.15) is 5.69 Å². The predicted octanol–water partition coefficient (Wildman–Crippen LogP) is 2.93. The highest BCUT2D eigenvalue weighted by Gasteiger charge is 2.26. The molecule has 3 aromatic rings. The van der Waals surface area contributed by atoms with Crippen molar-refractivity contribution in [2.24, 2.45) is 0 Å². The number of likely N-dealkylation sites (tertiary alicyclic amines) is 1. The van der Waals surface area contributed by atoms with Crippen molar-refractivity contribution >= 4 is 0 Å². The van der Waals surface area contributed by atoms with Crippen molar-refractivity contribution in [2.45, 2.75) is 25.3 Å². The van der Waals surface area contributed by atoms with Gasteiger partial charge in [0.15, 0.2) is 17.3 Å². The van der Waals surface area contributed by atoms with Gasteiger partial charge in [-0.1, -0.05) is 5.16 Å². The summed E-state index contributed by atoms with van der Waals surface area (Å²) in [6.45, 7) is 2.61. The van der Waals surface area contributed by atoms with Crippen LogP contribution in [0.1, 0.15) is 30.1 Å². The fraction of sp³-hybridized carbons (Fsp3) is 0.429. The third-order valence-corrected chi connectivity index (χ3v) is 5.23. The second-order valence-corrected chi connectivity index (χ2v) is 7.16. The summed E-state index contributed by atoms with van der Waals surface area (Å²) in [5, 5.41) is 4.20. The maximum atomic E-state index is 5.48. The minimum absolute atomic E-state index is 0.204. The van der Waals surface area contributed by atoms with E-state index in [0.717, 1.165) is 38.0 Å². The van der Waals surface area contributed by atoms with Crippen LogP contribution < -0.4 is 14.2 Å². The zero-order chi connectivity index (χ0) is 20.9. The van der Waals surface area contributed by atoms with E-state index in [2.05, 4.69) is 25.0 Å². The van der Waals surface area contributed by atoms with Crippen molar-refractivity contribution < 1.29 is 18.7 Å². The van der Waals surface area contributed by atoms with Crippen LogP contribution >= 0.6 is 0 Å². The molecule has 1 atom stereocenters. The van der Waals surface area contributed by atoms with Gasteiger partial charge in [-0.2, -0.15) is 4.98 Å². The Hall–Kier alpha value is -3.20. The zero-order valence-electron chi connectivity index (χ0n) is 17.4. The van der Waals surface area contributed by atoms with Crippen molar-refractivity contribution in [3.8, 4) is 28.8 Å². The Morgan fingerprint density at radius 2 is 1.90 bits per heavy atom. The normalized spacial score (nSPS) is 17.0. The number of aromatic nitrogens is 4. The van der Waals surface area contributed by atoms with Gasteiger partial charge in [-0.25, -0.2) is 4.98 Å².